The molecule has 0 spiro atoms. The van der Waals surface area contributed by atoms with Crippen molar-refractivity contribution in [1.29, 1.82) is 0 Å². The van der Waals surface area contributed by atoms with Crippen LogP contribution in [0, 0.1) is 0 Å². The predicted molar refractivity (Wildman–Crippen MR) is 80.6 cm³/mol. The second kappa shape index (κ2) is 7.65. The first-order chi connectivity index (χ1) is 8.95. The SMILES string of the molecule is CNCCCN(C)S(=O)(=O)C=Cc1ccc(Cl)cc1. The van der Waals surface area contributed by atoms with Gasteiger partial charge in [-0.25, -0.2) is 12.7 Å². The minimum Gasteiger partial charge on any atom is -0.320 e. The van der Waals surface area contributed by atoms with E-state index in [0.29, 0.717) is 11.6 Å². The Morgan fingerprint density at radius 2 is 1.95 bits per heavy atom. The molecule has 0 aliphatic rings. The lowest BCUT2D eigenvalue weighted by atomic mass is 10.2. The zero-order valence-corrected chi connectivity index (χ0v) is 12.7. The molecular weight excluding hydrogens is 284 g/mol. The van der Waals surface area contributed by atoms with Crippen LogP contribution in [0.25, 0.3) is 6.08 Å². The Morgan fingerprint density at radius 1 is 1.32 bits per heavy atom. The van der Waals surface area contributed by atoms with Crippen LogP contribution in [0.4, 0.5) is 0 Å². The maximum atomic E-state index is 12.0. The van der Waals surface area contributed by atoms with Crippen molar-refractivity contribution in [3.8, 4) is 0 Å². The molecule has 0 saturated carbocycles. The van der Waals surface area contributed by atoms with Crippen molar-refractivity contribution >= 4 is 27.7 Å². The quantitative estimate of drug-likeness (QED) is 0.786. The monoisotopic (exact) mass is 302 g/mol. The number of halogens is 1. The Labute approximate surface area is 120 Å². The Hall–Kier alpha value is -0.880. The normalized spacial score (nSPS) is 12.4. The van der Waals surface area contributed by atoms with Crippen molar-refractivity contribution in [2.45, 2.75) is 6.42 Å². The van der Waals surface area contributed by atoms with Crippen LogP contribution in [0.15, 0.2) is 29.7 Å². The molecule has 1 aromatic carbocycles. The lowest BCUT2D eigenvalue weighted by Crippen LogP contribution is -2.27. The second-order valence-corrected chi connectivity index (χ2v) is 6.54. The first-order valence-corrected chi connectivity index (χ1v) is 7.88. The van der Waals surface area contributed by atoms with E-state index >= 15 is 0 Å². The number of benzene rings is 1. The molecule has 106 valence electrons. The Kier molecular flexibility index (Phi) is 6.51. The van der Waals surface area contributed by atoms with Crippen molar-refractivity contribution in [2.75, 3.05) is 27.2 Å². The molecule has 0 bridgehead atoms. The minimum absolute atomic E-state index is 0.494. The molecule has 4 nitrogen and oxygen atoms in total. The number of nitrogens with zero attached hydrogens (tertiary/aromatic N) is 1. The number of hydrogen-bond donors (Lipinski definition) is 1. The number of hydrogen-bond acceptors (Lipinski definition) is 3. The molecule has 1 rings (SSSR count). The van der Waals surface area contributed by atoms with Gasteiger partial charge in [-0.3, -0.25) is 0 Å². The highest BCUT2D eigenvalue weighted by Gasteiger charge is 2.12. The van der Waals surface area contributed by atoms with E-state index in [1.165, 1.54) is 9.71 Å². The van der Waals surface area contributed by atoms with Gasteiger partial charge in [0, 0.05) is 24.0 Å². The van der Waals surface area contributed by atoms with Gasteiger partial charge in [0.25, 0.3) is 0 Å². The average molecular weight is 303 g/mol. The van der Waals surface area contributed by atoms with Gasteiger partial charge >= 0.3 is 0 Å². The van der Waals surface area contributed by atoms with Gasteiger partial charge in [0.1, 0.15) is 0 Å². The van der Waals surface area contributed by atoms with E-state index < -0.39 is 10.0 Å². The summed E-state index contributed by atoms with van der Waals surface area (Å²) >= 11 is 5.77. The van der Waals surface area contributed by atoms with E-state index in [-0.39, 0.29) is 0 Å². The van der Waals surface area contributed by atoms with Gasteiger partial charge in [0.2, 0.25) is 10.0 Å². The first kappa shape index (κ1) is 16.2. The van der Waals surface area contributed by atoms with Crippen LogP contribution in [0.2, 0.25) is 5.02 Å². The van der Waals surface area contributed by atoms with E-state index in [1.54, 1.807) is 37.4 Å². The van der Waals surface area contributed by atoms with Gasteiger partial charge in [0.05, 0.1) is 0 Å². The fourth-order valence-corrected chi connectivity index (χ4v) is 2.49. The van der Waals surface area contributed by atoms with Crippen molar-refractivity contribution in [3.05, 3.63) is 40.3 Å². The first-order valence-electron chi connectivity index (χ1n) is 6.00. The Morgan fingerprint density at radius 3 is 2.53 bits per heavy atom. The van der Waals surface area contributed by atoms with Gasteiger partial charge in [0.15, 0.2) is 0 Å². The third-order valence-electron chi connectivity index (χ3n) is 2.64. The highest BCUT2D eigenvalue weighted by atomic mass is 35.5. The van der Waals surface area contributed by atoms with E-state index in [4.69, 9.17) is 11.6 Å². The molecule has 0 fully saturated rings. The molecule has 0 aromatic heterocycles. The molecule has 19 heavy (non-hydrogen) atoms. The standard InChI is InChI=1S/C13H19ClN2O2S/c1-15-9-3-10-16(2)19(17,18)11-8-12-4-6-13(14)7-5-12/h4-8,11,15H,3,9-10H2,1-2H3. The highest BCUT2D eigenvalue weighted by molar-refractivity contribution is 7.92. The van der Waals surface area contributed by atoms with E-state index in [0.717, 1.165) is 18.5 Å². The number of nitrogens with one attached hydrogen (secondary N) is 1. The molecule has 0 amide bonds. The minimum atomic E-state index is -3.36. The van der Waals surface area contributed by atoms with Crippen LogP contribution in [-0.2, 0) is 10.0 Å². The molecule has 1 N–H and O–H groups in total. The molecular formula is C13H19ClN2O2S. The van der Waals surface area contributed by atoms with Gasteiger partial charge in [-0.2, -0.15) is 0 Å². The molecule has 0 radical (unpaired) electrons. The molecule has 0 unspecified atom stereocenters. The van der Waals surface area contributed by atoms with Crippen LogP contribution in [0.3, 0.4) is 0 Å². The third-order valence-corrected chi connectivity index (χ3v) is 4.42. The van der Waals surface area contributed by atoms with E-state index in [9.17, 15) is 8.42 Å². The lowest BCUT2D eigenvalue weighted by molar-refractivity contribution is 0.465. The molecule has 0 heterocycles. The topological polar surface area (TPSA) is 49.4 Å². The van der Waals surface area contributed by atoms with Gasteiger partial charge in [-0.1, -0.05) is 23.7 Å². The molecule has 1 aromatic rings. The maximum absolute atomic E-state index is 12.0. The van der Waals surface area contributed by atoms with E-state index in [1.807, 2.05) is 7.05 Å². The average Bonchev–Trinajstić information content (AvgIpc) is 2.38. The number of rotatable bonds is 7. The fourth-order valence-electron chi connectivity index (χ4n) is 1.45. The molecule has 0 atom stereocenters. The smallest absolute Gasteiger partial charge is 0.235 e. The van der Waals surface area contributed by atoms with Gasteiger partial charge in [-0.15, -0.1) is 0 Å². The summed E-state index contributed by atoms with van der Waals surface area (Å²) in [6.45, 7) is 1.29. The summed E-state index contributed by atoms with van der Waals surface area (Å²) in [7, 11) is 0.0657. The maximum Gasteiger partial charge on any atom is 0.235 e. The van der Waals surface area contributed by atoms with Crippen LogP contribution in [-0.4, -0.2) is 39.9 Å². The Bertz CT molecular complexity index is 512. The van der Waals surface area contributed by atoms with E-state index in [2.05, 4.69) is 5.32 Å². The molecule has 0 saturated heterocycles. The summed E-state index contributed by atoms with van der Waals surface area (Å²) in [5.74, 6) is 0. The van der Waals surface area contributed by atoms with Crippen LogP contribution < -0.4 is 5.32 Å². The summed E-state index contributed by atoms with van der Waals surface area (Å²) < 4.78 is 25.3. The zero-order chi connectivity index (χ0) is 14.3. The largest absolute Gasteiger partial charge is 0.320 e. The fraction of sp³-hybridized carbons (Fsp3) is 0.385. The predicted octanol–water partition coefficient (Wildman–Crippen LogP) is 2.18. The van der Waals surface area contributed by atoms with Gasteiger partial charge in [-0.05, 0) is 43.8 Å². The third kappa shape index (κ3) is 5.74. The van der Waals surface area contributed by atoms with Crippen molar-refractivity contribution in [3.63, 3.8) is 0 Å². The van der Waals surface area contributed by atoms with Crippen molar-refractivity contribution in [1.82, 2.24) is 9.62 Å². The van der Waals surface area contributed by atoms with Crippen molar-refractivity contribution in [2.24, 2.45) is 0 Å². The lowest BCUT2D eigenvalue weighted by Gasteiger charge is -2.14. The van der Waals surface area contributed by atoms with Gasteiger partial charge < -0.3 is 5.32 Å². The summed E-state index contributed by atoms with van der Waals surface area (Å²) in [4.78, 5) is 0. The summed E-state index contributed by atoms with van der Waals surface area (Å²) in [6.07, 6.45) is 2.35. The molecule has 6 heteroatoms. The zero-order valence-electron chi connectivity index (χ0n) is 11.1. The number of sulfonamides is 1. The summed E-state index contributed by atoms with van der Waals surface area (Å²) in [5.41, 5.74) is 0.802. The van der Waals surface area contributed by atoms with Crippen LogP contribution >= 0.6 is 11.6 Å². The Balaban J connectivity index is 2.65. The molecule has 0 aliphatic carbocycles. The summed E-state index contributed by atoms with van der Waals surface area (Å²) in [5, 5.41) is 4.83. The second-order valence-electron chi connectivity index (χ2n) is 4.18. The summed E-state index contributed by atoms with van der Waals surface area (Å²) in [6, 6.07) is 7.00. The van der Waals surface area contributed by atoms with Crippen LogP contribution in [0.1, 0.15) is 12.0 Å². The highest BCUT2D eigenvalue weighted by Crippen LogP contribution is 2.12. The van der Waals surface area contributed by atoms with Crippen LogP contribution in [0.5, 0.6) is 0 Å². The molecule has 0 aliphatic heterocycles. The van der Waals surface area contributed by atoms with Crippen molar-refractivity contribution < 1.29 is 8.42 Å².